The van der Waals surface area contributed by atoms with E-state index >= 15 is 0 Å². The predicted molar refractivity (Wildman–Crippen MR) is 63.1 cm³/mol. The highest BCUT2D eigenvalue weighted by Crippen LogP contribution is 2.27. The molecule has 6 heteroatoms. The number of phenols is 2. The van der Waals surface area contributed by atoms with Gasteiger partial charge in [-0.3, -0.25) is 9.78 Å². The maximum Gasteiger partial charge on any atom is 0.255 e. The Morgan fingerprint density at radius 3 is 2.94 bits per heavy atom. The minimum atomic E-state index is -0.438. The highest BCUT2D eigenvalue weighted by Gasteiger charge is 2.13. The first-order valence-electron chi connectivity index (χ1n) is 4.85. The number of hydrogen-bond donors (Lipinski definition) is 3. The number of amides is 1. The van der Waals surface area contributed by atoms with Crippen LogP contribution in [0.3, 0.4) is 0 Å². The third kappa shape index (κ3) is 2.54. The van der Waals surface area contributed by atoms with Crippen LogP contribution in [0.1, 0.15) is 15.2 Å². The van der Waals surface area contributed by atoms with Gasteiger partial charge in [0, 0.05) is 11.1 Å². The lowest BCUT2D eigenvalue weighted by Gasteiger charge is -2.06. The monoisotopic (exact) mass is 250 g/mol. The molecule has 88 valence electrons. The van der Waals surface area contributed by atoms with Crippen molar-refractivity contribution in [2.24, 2.45) is 0 Å². The van der Waals surface area contributed by atoms with Crippen LogP contribution >= 0.6 is 11.3 Å². The van der Waals surface area contributed by atoms with Crippen molar-refractivity contribution in [2.45, 2.75) is 6.54 Å². The van der Waals surface area contributed by atoms with Crippen molar-refractivity contribution in [1.82, 2.24) is 10.3 Å². The summed E-state index contributed by atoms with van der Waals surface area (Å²) in [5.74, 6) is -1.16. The predicted octanol–water partition coefficient (Wildman–Crippen LogP) is 1.48. The molecule has 1 aromatic carbocycles. The molecule has 17 heavy (non-hydrogen) atoms. The van der Waals surface area contributed by atoms with Crippen LogP contribution in [-0.2, 0) is 6.54 Å². The quantitative estimate of drug-likeness (QED) is 0.721. The molecule has 1 amide bonds. The molecule has 0 saturated heterocycles. The molecular formula is C11H10N2O3S. The maximum absolute atomic E-state index is 11.7. The number of nitrogens with zero attached hydrogens (tertiary/aromatic N) is 1. The van der Waals surface area contributed by atoms with Crippen LogP contribution in [0.15, 0.2) is 29.9 Å². The summed E-state index contributed by atoms with van der Waals surface area (Å²) in [5, 5.41) is 21.4. The normalized spacial score (nSPS) is 10.1. The van der Waals surface area contributed by atoms with Crippen molar-refractivity contribution in [3.8, 4) is 11.5 Å². The van der Waals surface area contributed by atoms with Crippen molar-refractivity contribution < 1.29 is 15.0 Å². The number of hydrogen-bond acceptors (Lipinski definition) is 5. The van der Waals surface area contributed by atoms with E-state index < -0.39 is 11.7 Å². The van der Waals surface area contributed by atoms with Gasteiger partial charge in [0.1, 0.15) is 0 Å². The highest BCUT2D eigenvalue weighted by molar-refractivity contribution is 7.09. The fourth-order valence-corrected chi connectivity index (χ4v) is 1.84. The van der Waals surface area contributed by atoms with Crippen LogP contribution in [-0.4, -0.2) is 21.1 Å². The summed E-state index contributed by atoms with van der Waals surface area (Å²) in [6, 6.07) is 4.25. The number of aromatic nitrogens is 1. The molecule has 0 saturated carbocycles. The highest BCUT2D eigenvalue weighted by atomic mass is 32.1. The van der Waals surface area contributed by atoms with Gasteiger partial charge < -0.3 is 15.5 Å². The van der Waals surface area contributed by atoms with Gasteiger partial charge in [0.05, 0.1) is 17.6 Å². The molecule has 0 fully saturated rings. The molecule has 0 aliphatic rings. The third-order valence-electron chi connectivity index (χ3n) is 2.17. The molecule has 0 aliphatic carbocycles. The second-order valence-electron chi connectivity index (χ2n) is 3.32. The van der Waals surface area contributed by atoms with Gasteiger partial charge in [-0.25, -0.2) is 0 Å². The molecule has 2 aromatic rings. The summed E-state index contributed by atoms with van der Waals surface area (Å²) >= 11 is 1.43. The average Bonchev–Trinajstić information content (AvgIpc) is 2.82. The first-order chi connectivity index (χ1) is 8.18. The first-order valence-corrected chi connectivity index (χ1v) is 5.73. The van der Waals surface area contributed by atoms with Crippen LogP contribution in [0.4, 0.5) is 0 Å². The van der Waals surface area contributed by atoms with E-state index in [9.17, 15) is 15.0 Å². The lowest BCUT2D eigenvalue weighted by Crippen LogP contribution is -2.22. The number of carbonyl (C=O) groups is 1. The van der Waals surface area contributed by atoms with E-state index in [0.29, 0.717) is 6.54 Å². The lowest BCUT2D eigenvalue weighted by atomic mass is 10.1. The van der Waals surface area contributed by atoms with Crippen LogP contribution in [0.5, 0.6) is 11.5 Å². The lowest BCUT2D eigenvalue weighted by molar-refractivity contribution is 0.0948. The third-order valence-corrected chi connectivity index (χ3v) is 2.95. The summed E-state index contributed by atoms with van der Waals surface area (Å²) in [4.78, 5) is 16.5. The second kappa shape index (κ2) is 4.84. The van der Waals surface area contributed by atoms with Crippen molar-refractivity contribution in [2.75, 3.05) is 0 Å². The second-order valence-corrected chi connectivity index (χ2v) is 4.29. The number of phenolic OH excluding ortho intramolecular Hbond substituents is 2. The Morgan fingerprint density at radius 2 is 2.24 bits per heavy atom. The molecule has 5 nitrogen and oxygen atoms in total. The summed E-state index contributed by atoms with van der Waals surface area (Å²) in [5.41, 5.74) is 1.72. The fourth-order valence-electron chi connectivity index (χ4n) is 1.31. The summed E-state index contributed by atoms with van der Waals surface area (Å²) in [7, 11) is 0. The van der Waals surface area contributed by atoms with E-state index in [-0.39, 0.29) is 11.3 Å². The van der Waals surface area contributed by atoms with Gasteiger partial charge in [0.2, 0.25) is 0 Å². The van der Waals surface area contributed by atoms with Gasteiger partial charge in [-0.05, 0) is 12.1 Å². The summed E-state index contributed by atoms with van der Waals surface area (Å²) in [6.45, 7) is 0.346. The Hall–Kier alpha value is -2.08. The molecule has 0 unspecified atom stereocenters. The Balaban J connectivity index is 2.07. The molecule has 0 radical (unpaired) electrons. The van der Waals surface area contributed by atoms with E-state index in [4.69, 9.17) is 0 Å². The molecular weight excluding hydrogens is 240 g/mol. The Bertz CT molecular complexity index is 526. The summed E-state index contributed by atoms with van der Waals surface area (Å²) < 4.78 is 0. The van der Waals surface area contributed by atoms with Crippen LogP contribution in [0.25, 0.3) is 0 Å². The van der Waals surface area contributed by atoms with Gasteiger partial charge in [-0.2, -0.15) is 0 Å². The number of rotatable bonds is 3. The number of carbonyl (C=O) groups excluding carboxylic acids is 1. The van der Waals surface area contributed by atoms with Crippen LogP contribution < -0.4 is 5.32 Å². The van der Waals surface area contributed by atoms with Crippen molar-refractivity contribution in [3.05, 3.63) is 40.3 Å². The van der Waals surface area contributed by atoms with E-state index in [1.807, 2.05) is 0 Å². The van der Waals surface area contributed by atoms with Gasteiger partial charge in [-0.15, -0.1) is 11.3 Å². The average molecular weight is 250 g/mol. The Morgan fingerprint density at radius 1 is 1.41 bits per heavy atom. The zero-order valence-corrected chi connectivity index (χ0v) is 9.57. The zero-order valence-electron chi connectivity index (χ0n) is 8.75. The number of aromatic hydroxyl groups is 2. The largest absolute Gasteiger partial charge is 0.504 e. The number of thiazole rings is 1. The van der Waals surface area contributed by atoms with Crippen molar-refractivity contribution >= 4 is 17.2 Å². The molecule has 3 N–H and O–H groups in total. The van der Waals surface area contributed by atoms with Crippen molar-refractivity contribution in [3.63, 3.8) is 0 Å². The topological polar surface area (TPSA) is 82.5 Å². The fraction of sp³-hybridized carbons (Fsp3) is 0.0909. The minimum Gasteiger partial charge on any atom is -0.504 e. The van der Waals surface area contributed by atoms with Gasteiger partial charge in [0.15, 0.2) is 11.5 Å². The molecule has 1 aromatic heterocycles. The first kappa shape index (κ1) is 11.4. The number of para-hydroxylation sites is 1. The van der Waals surface area contributed by atoms with Crippen LogP contribution in [0, 0.1) is 0 Å². The van der Waals surface area contributed by atoms with E-state index in [0.717, 1.165) is 4.88 Å². The molecule has 0 spiro atoms. The Labute approximate surface area is 101 Å². The van der Waals surface area contributed by atoms with Gasteiger partial charge in [0.25, 0.3) is 5.91 Å². The molecule has 1 heterocycles. The SMILES string of the molecule is O=C(NCc1cncs1)c1cccc(O)c1O. The van der Waals surface area contributed by atoms with E-state index in [1.54, 1.807) is 11.7 Å². The molecule has 0 bridgehead atoms. The zero-order chi connectivity index (χ0) is 12.3. The van der Waals surface area contributed by atoms with E-state index in [1.165, 1.54) is 29.5 Å². The molecule has 0 aliphatic heterocycles. The van der Waals surface area contributed by atoms with E-state index in [2.05, 4.69) is 10.3 Å². The standard InChI is InChI=1S/C11H10N2O3S/c14-9-3-1-2-8(10(9)15)11(16)13-5-7-4-12-6-17-7/h1-4,6,14-15H,5H2,(H,13,16). The van der Waals surface area contributed by atoms with Crippen molar-refractivity contribution in [1.29, 1.82) is 0 Å². The smallest absolute Gasteiger partial charge is 0.255 e. The number of benzene rings is 1. The minimum absolute atomic E-state index is 0.0505. The van der Waals surface area contributed by atoms with Crippen LogP contribution in [0.2, 0.25) is 0 Å². The molecule has 2 rings (SSSR count). The summed E-state index contributed by atoms with van der Waals surface area (Å²) in [6.07, 6.45) is 1.66. The van der Waals surface area contributed by atoms with Gasteiger partial charge >= 0.3 is 0 Å². The van der Waals surface area contributed by atoms with Gasteiger partial charge in [-0.1, -0.05) is 6.07 Å². The molecule has 0 atom stereocenters. The number of nitrogens with one attached hydrogen (secondary N) is 1. The maximum atomic E-state index is 11.7. The Kier molecular flexibility index (Phi) is 3.24.